The van der Waals surface area contributed by atoms with Gasteiger partial charge in [0.25, 0.3) is 5.91 Å². The van der Waals surface area contributed by atoms with Gasteiger partial charge in [0.1, 0.15) is 11.9 Å². The van der Waals surface area contributed by atoms with Crippen molar-refractivity contribution < 1.29 is 19.1 Å². The van der Waals surface area contributed by atoms with Gasteiger partial charge in [0.05, 0.1) is 11.1 Å². The molecule has 1 amide bonds. The number of carbonyl (C=O) groups is 2. The summed E-state index contributed by atoms with van der Waals surface area (Å²) < 4.78 is 13.6. The number of nitrogens with one attached hydrogen (secondary N) is 1. The lowest BCUT2D eigenvalue weighted by molar-refractivity contribution is -0.140. The highest BCUT2D eigenvalue weighted by Gasteiger charge is 2.25. The van der Waals surface area contributed by atoms with Crippen LogP contribution in [0.5, 0.6) is 0 Å². The number of halogens is 1. The highest BCUT2D eigenvalue weighted by Crippen LogP contribution is 2.18. The van der Waals surface area contributed by atoms with E-state index in [0.29, 0.717) is 10.9 Å². The molecular weight excluding hydrogens is 275 g/mol. The Morgan fingerprint density at radius 2 is 2.05 bits per heavy atom. The van der Waals surface area contributed by atoms with Gasteiger partial charge in [0, 0.05) is 11.6 Å². The molecule has 2 N–H and O–H groups in total. The number of fused-ring (bicyclic) bond motifs is 1. The molecule has 0 unspecified atom stereocenters. The minimum absolute atomic E-state index is 0.0255. The van der Waals surface area contributed by atoms with Crippen molar-refractivity contribution in [2.75, 3.05) is 0 Å². The van der Waals surface area contributed by atoms with E-state index in [0.717, 1.165) is 6.07 Å². The third-order valence-corrected chi connectivity index (χ3v) is 3.13. The topological polar surface area (TPSA) is 79.3 Å². The van der Waals surface area contributed by atoms with E-state index in [1.165, 1.54) is 12.3 Å². The Morgan fingerprint density at radius 3 is 2.67 bits per heavy atom. The number of rotatable bonds is 4. The summed E-state index contributed by atoms with van der Waals surface area (Å²) in [5.74, 6) is -2.65. The number of hydrogen-bond donors (Lipinski definition) is 2. The monoisotopic (exact) mass is 290 g/mol. The van der Waals surface area contributed by atoms with Crippen molar-refractivity contribution in [3.63, 3.8) is 0 Å². The van der Waals surface area contributed by atoms with E-state index in [1.54, 1.807) is 26.0 Å². The molecule has 2 rings (SSSR count). The number of carboxylic acids is 1. The Labute approximate surface area is 120 Å². The number of benzene rings is 1. The first kappa shape index (κ1) is 14.9. The van der Waals surface area contributed by atoms with Crippen LogP contribution in [-0.2, 0) is 4.79 Å². The molecule has 0 bridgehead atoms. The van der Waals surface area contributed by atoms with Crippen LogP contribution in [-0.4, -0.2) is 28.0 Å². The van der Waals surface area contributed by atoms with E-state index >= 15 is 0 Å². The van der Waals surface area contributed by atoms with Crippen molar-refractivity contribution in [1.29, 1.82) is 0 Å². The third kappa shape index (κ3) is 3.16. The Bertz CT molecular complexity index is 700. The Balaban J connectivity index is 2.42. The van der Waals surface area contributed by atoms with Crippen LogP contribution in [0.1, 0.15) is 24.2 Å². The highest BCUT2D eigenvalue weighted by molar-refractivity contribution is 6.06. The Hall–Kier alpha value is -2.50. The largest absolute Gasteiger partial charge is 0.480 e. The molecule has 0 fully saturated rings. The summed E-state index contributed by atoms with van der Waals surface area (Å²) in [4.78, 5) is 27.4. The fourth-order valence-electron chi connectivity index (χ4n) is 2.06. The van der Waals surface area contributed by atoms with Gasteiger partial charge in [0.15, 0.2) is 0 Å². The summed E-state index contributed by atoms with van der Waals surface area (Å²) in [5, 5.41) is 12.0. The predicted molar refractivity (Wildman–Crippen MR) is 75.4 cm³/mol. The predicted octanol–water partition coefficient (Wildman–Crippen LogP) is 2.21. The maximum Gasteiger partial charge on any atom is 0.326 e. The fourth-order valence-corrected chi connectivity index (χ4v) is 2.06. The van der Waals surface area contributed by atoms with E-state index in [4.69, 9.17) is 5.11 Å². The van der Waals surface area contributed by atoms with Crippen molar-refractivity contribution in [2.45, 2.75) is 19.9 Å². The maximum atomic E-state index is 13.6. The van der Waals surface area contributed by atoms with E-state index in [9.17, 15) is 14.0 Å². The number of carboxylic acid groups (broad SMARTS) is 1. The van der Waals surface area contributed by atoms with Crippen LogP contribution in [0.4, 0.5) is 4.39 Å². The molecule has 0 aliphatic rings. The minimum atomic E-state index is -1.13. The smallest absolute Gasteiger partial charge is 0.326 e. The molecule has 110 valence electrons. The molecule has 6 heteroatoms. The average Bonchev–Trinajstić information content (AvgIpc) is 2.42. The van der Waals surface area contributed by atoms with Crippen LogP contribution in [0.25, 0.3) is 10.9 Å². The number of nitrogens with zero attached hydrogens (tertiary/aromatic N) is 1. The van der Waals surface area contributed by atoms with Gasteiger partial charge in [-0.05, 0) is 24.1 Å². The van der Waals surface area contributed by atoms with Gasteiger partial charge < -0.3 is 10.4 Å². The number of aliphatic carboxylic acids is 1. The molecule has 5 nitrogen and oxygen atoms in total. The van der Waals surface area contributed by atoms with Crippen molar-refractivity contribution in [2.24, 2.45) is 5.92 Å². The van der Waals surface area contributed by atoms with Crippen molar-refractivity contribution in [3.05, 3.63) is 41.8 Å². The zero-order valence-electron chi connectivity index (χ0n) is 11.6. The standard InChI is InChI=1S/C15H15FN2O3/c1-8(2)12(15(20)21)18-14(19)11-7-10(16)6-9-4-3-5-17-13(9)11/h3-8,12H,1-2H3,(H,18,19)(H,20,21)/t12-/m0/s1. The SMILES string of the molecule is CC(C)[C@H](NC(=O)c1cc(F)cc2cccnc12)C(=O)O. The molecule has 0 aliphatic heterocycles. The van der Waals surface area contributed by atoms with Crippen molar-refractivity contribution in [1.82, 2.24) is 10.3 Å². The number of pyridine rings is 1. The maximum absolute atomic E-state index is 13.6. The number of hydrogen-bond acceptors (Lipinski definition) is 3. The average molecular weight is 290 g/mol. The lowest BCUT2D eigenvalue weighted by atomic mass is 10.0. The summed E-state index contributed by atoms with van der Waals surface area (Å²) in [7, 11) is 0. The minimum Gasteiger partial charge on any atom is -0.480 e. The summed E-state index contributed by atoms with van der Waals surface area (Å²) in [5.41, 5.74) is 0.363. The van der Waals surface area contributed by atoms with Gasteiger partial charge in [-0.2, -0.15) is 0 Å². The first-order chi connectivity index (χ1) is 9.90. The lowest BCUT2D eigenvalue weighted by Crippen LogP contribution is -2.44. The number of aromatic nitrogens is 1. The van der Waals surface area contributed by atoms with Crippen LogP contribution < -0.4 is 5.32 Å². The zero-order chi connectivity index (χ0) is 15.6. The van der Waals surface area contributed by atoms with Gasteiger partial charge in [0.2, 0.25) is 0 Å². The second kappa shape index (κ2) is 5.87. The zero-order valence-corrected chi connectivity index (χ0v) is 11.6. The molecular formula is C15H15FN2O3. The van der Waals surface area contributed by atoms with Gasteiger partial charge in [-0.15, -0.1) is 0 Å². The van der Waals surface area contributed by atoms with Crippen LogP contribution in [0, 0.1) is 11.7 Å². The molecule has 1 aromatic carbocycles. The first-order valence-electron chi connectivity index (χ1n) is 6.48. The first-order valence-corrected chi connectivity index (χ1v) is 6.48. The van der Waals surface area contributed by atoms with Crippen molar-refractivity contribution in [3.8, 4) is 0 Å². The molecule has 0 aliphatic carbocycles. The molecule has 1 atom stereocenters. The third-order valence-electron chi connectivity index (χ3n) is 3.13. The number of carbonyl (C=O) groups excluding carboxylic acids is 1. The second-order valence-corrected chi connectivity index (χ2v) is 5.06. The second-order valence-electron chi connectivity index (χ2n) is 5.06. The molecule has 0 saturated heterocycles. The van der Waals surface area contributed by atoms with Crippen LogP contribution in [0.15, 0.2) is 30.5 Å². The summed E-state index contributed by atoms with van der Waals surface area (Å²) in [6, 6.07) is 4.57. The molecule has 1 heterocycles. The van der Waals surface area contributed by atoms with E-state index < -0.39 is 23.7 Å². The van der Waals surface area contributed by atoms with E-state index in [1.807, 2.05) is 0 Å². The summed E-state index contributed by atoms with van der Waals surface area (Å²) in [6.45, 7) is 3.36. The summed E-state index contributed by atoms with van der Waals surface area (Å²) >= 11 is 0. The normalized spacial score (nSPS) is 12.4. The molecule has 21 heavy (non-hydrogen) atoms. The molecule has 0 spiro atoms. The molecule has 2 aromatic rings. The van der Waals surface area contributed by atoms with Gasteiger partial charge in [-0.25, -0.2) is 9.18 Å². The lowest BCUT2D eigenvalue weighted by Gasteiger charge is -2.18. The summed E-state index contributed by atoms with van der Waals surface area (Å²) in [6.07, 6.45) is 1.49. The van der Waals surface area contributed by atoms with E-state index in [-0.39, 0.29) is 11.5 Å². The van der Waals surface area contributed by atoms with E-state index in [2.05, 4.69) is 10.3 Å². The van der Waals surface area contributed by atoms with Gasteiger partial charge in [-0.1, -0.05) is 19.9 Å². The fraction of sp³-hybridized carbons (Fsp3) is 0.267. The van der Waals surface area contributed by atoms with Crippen LogP contribution in [0.2, 0.25) is 0 Å². The van der Waals surface area contributed by atoms with Gasteiger partial charge in [-0.3, -0.25) is 9.78 Å². The van der Waals surface area contributed by atoms with Crippen LogP contribution >= 0.6 is 0 Å². The van der Waals surface area contributed by atoms with Gasteiger partial charge >= 0.3 is 5.97 Å². The van der Waals surface area contributed by atoms with Crippen molar-refractivity contribution >= 4 is 22.8 Å². The molecule has 0 radical (unpaired) electrons. The highest BCUT2D eigenvalue weighted by atomic mass is 19.1. The quantitative estimate of drug-likeness (QED) is 0.904. The number of amides is 1. The van der Waals surface area contributed by atoms with Crippen LogP contribution in [0.3, 0.4) is 0 Å². The Morgan fingerprint density at radius 1 is 1.33 bits per heavy atom. The molecule has 1 aromatic heterocycles. The Kier molecular flexibility index (Phi) is 4.16. The molecule has 0 saturated carbocycles.